The maximum absolute atomic E-state index is 15.0. The van der Waals surface area contributed by atoms with Crippen LogP contribution in [0, 0.1) is 17.1 Å². The molecular weight excluding hydrogens is 520 g/mol. The Labute approximate surface area is 218 Å². The van der Waals surface area contributed by atoms with Crippen molar-refractivity contribution in [2.24, 2.45) is 7.05 Å². The van der Waals surface area contributed by atoms with Crippen LogP contribution in [-0.2, 0) is 13.2 Å². The molecule has 14 heteroatoms. The van der Waals surface area contributed by atoms with Crippen LogP contribution in [0.4, 0.5) is 23.5 Å². The van der Waals surface area contributed by atoms with Crippen LogP contribution in [0.3, 0.4) is 0 Å². The molecule has 1 aliphatic carbocycles. The normalized spacial score (nSPS) is 16.2. The van der Waals surface area contributed by atoms with E-state index in [1.165, 1.54) is 18.6 Å². The summed E-state index contributed by atoms with van der Waals surface area (Å²) < 4.78 is 64.1. The molecule has 0 atom stereocenters. The van der Waals surface area contributed by atoms with Crippen molar-refractivity contribution in [3.8, 4) is 23.1 Å². The van der Waals surface area contributed by atoms with Gasteiger partial charge in [0.1, 0.15) is 23.1 Å². The minimum absolute atomic E-state index is 0.0121. The Hall–Kier alpha value is -4.54. The van der Waals surface area contributed by atoms with Gasteiger partial charge in [0, 0.05) is 12.6 Å². The van der Waals surface area contributed by atoms with Gasteiger partial charge in [-0.05, 0) is 37.5 Å². The minimum atomic E-state index is -4.95. The highest BCUT2D eigenvalue weighted by molar-refractivity contribution is 5.90. The zero-order valence-electron chi connectivity index (χ0n) is 20.5. The molecule has 39 heavy (non-hydrogen) atoms. The first kappa shape index (κ1) is 24.8. The molecular formula is C25H20F4N8O2. The molecule has 0 spiro atoms. The van der Waals surface area contributed by atoms with Crippen molar-refractivity contribution < 1.29 is 22.3 Å². The number of alkyl halides is 3. The summed E-state index contributed by atoms with van der Waals surface area (Å²) in [7, 11) is 0.943. The second-order valence-corrected chi connectivity index (χ2v) is 9.56. The van der Waals surface area contributed by atoms with Gasteiger partial charge in [0.25, 0.3) is 5.56 Å². The van der Waals surface area contributed by atoms with Crippen LogP contribution in [0.25, 0.3) is 22.3 Å². The smallest absolute Gasteiger partial charge is 0.449 e. The zero-order valence-corrected chi connectivity index (χ0v) is 20.5. The van der Waals surface area contributed by atoms with Crippen LogP contribution in [0.5, 0.6) is 5.75 Å². The Balaban J connectivity index is 1.36. The van der Waals surface area contributed by atoms with Crippen LogP contribution in [0.1, 0.15) is 36.7 Å². The lowest BCUT2D eigenvalue weighted by Gasteiger charge is -2.38. The summed E-state index contributed by atoms with van der Waals surface area (Å²) in [5, 5.41) is 13.4. The molecule has 2 fully saturated rings. The highest BCUT2D eigenvalue weighted by Gasteiger charge is 2.38. The molecule has 0 unspecified atom stereocenters. The second-order valence-electron chi connectivity index (χ2n) is 9.56. The molecule has 0 N–H and O–H groups in total. The average Bonchev–Trinajstić information content (AvgIpc) is 3.28. The van der Waals surface area contributed by atoms with E-state index in [1.54, 1.807) is 17.2 Å². The number of nitrogens with zero attached hydrogens (tertiary/aromatic N) is 8. The molecule has 200 valence electrons. The van der Waals surface area contributed by atoms with E-state index in [4.69, 9.17) is 10.00 Å². The predicted octanol–water partition coefficient (Wildman–Crippen LogP) is 3.61. The number of halogens is 4. The summed E-state index contributed by atoms with van der Waals surface area (Å²) in [6.45, 7) is 0.646. The molecule has 1 saturated heterocycles. The van der Waals surface area contributed by atoms with Gasteiger partial charge in [0.2, 0.25) is 11.8 Å². The van der Waals surface area contributed by atoms with E-state index < -0.39 is 28.9 Å². The second kappa shape index (κ2) is 9.04. The third-order valence-electron chi connectivity index (χ3n) is 6.98. The molecule has 1 saturated carbocycles. The van der Waals surface area contributed by atoms with E-state index in [0.29, 0.717) is 29.4 Å². The Bertz CT molecular complexity index is 1700. The monoisotopic (exact) mass is 540 g/mol. The molecule has 0 bridgehead atoms. The van der Waals surface area contributed by atoms with Crippen LogP contribution in [-0.4, -0.2) is 48.5 Å². The fourth-order valence-electron chi connectivity index (χ4n) is 4.59. The first-order valence-electron chi connectivity index (χ1n) is 12.1. The topological polar surface area (TPSA) is 115 Å². The quantitative estimate of drug-likeness (QED) is 0.353. The highest BCUT2D eigenvalue weighted by Crippen LogP contribution is 2.34. The number of fused-ring (bicyclic) bond motifs is 1. The van der Waals surface area contributed by atoms with Gasteiger partial charge in [0.15, 0.2) is 11.3 Å². The van der Waals surface area contributed by atoms with Gasteiger partial charge in [0.05, 0.1) is 43.2 Å². The van der Waals surface area contributed by atoms with E-state index >= 15 is 4.39 Å². The Morgan fingerprint density at radius 3 is 2.54 bits per heavy atom. The summed E-state index contributed by atoms with van der Waals surface area (Å²) in [6.07, 6.45) is 1.64. The summed E-state index contributed by atoms with van der Waals surface area (Å²) in [5.74, 6) is -1.73. The summed E-state index contributed by atoms with van der Waals surface area (Å²) in [5.41, 5.74) is -2.42. The van der Waals surface area contributed by atoms with Crippen molar-refractivity contribution in [3.63, 3.8) is 0 Å². The fourth-order valence-corrected chi connectivity index (χ4v) is 4.59. The molecule has 2 aliphatic rings. The Kier molecular flexibility index (Phi) is 5.74. The Morgan fingerprint density at radius 1 is 1.13 bits per heavy atom. The van der Waals surface area contributed by atoms with Crippen molar-refractivity contribution in [2.75, 3.05) is 18.0 Å². The van der Waals surface area contributed by atoms with Crippen molar-refractivity contribution >= 4 is 17.0 Å². The number of anilines is 1. The standard InChI is InChI=1S/C25H20F4N8O2/c1-35-22(38)21-20(32-23(35)25(27,28)29)19(17-6-5-13(8-30)7-18(17)26)33-24(34-21)36-10-16(11-36)39-15-9-31-37(12-15)14-3-2-4-14/h5-7,9,12,14,16H,2-4,10-11H2,1H3. The third-order valence-corrected chi connectivity index (χ3v) is 6.98. The largest absolute Gasteiger partial charge is 0.483 e. The number of hydrogen-bond donors (Lipinski definition) is 0. The molecule has 3 aromatic heterocycles. The van der Waals surface area contributed by atoms with Crippen LogP contribution in [0.15, 0.2) is 35.4 Å². The van der Waals surface area contributed by atoms with Gasteiger partial charge >= 0.3 is 6.18 Å². The lowest BCUT2D eigenvalue weighted by Crippen LogP contribution is -2.54. The summed E-state index contributed by atoms with van der Waals surface area (Å²) >= 11 is 0. The van der Waals surface area contributed by atoms with Crippen molar-refractivity contribution in [1.29, 1.82) is 5.26 Å². The van der Waals surface area contributed by atoms with Gasteiger partial charge in [-0.3, -0.25) is 14.0 Å². The van der Waals surface area contributed by atoms with E-state index in [2.05, 4.69) is 20.1 Å². The first-order chi connectivity index (χ1) is 18.6. The number of rotatable bonds is 5. The predicted molar refractivity (Wildman–Crippen MR) is 129 cm³/mol. The summed E-state index contributed by atoms with van der Waals surface area (Å²) in [6, 6.07) is 5.64. The van der Waals surface area contributed by atoms with Gasteiger partial charge in [-0.1, -0.05) is 0 Å². The average molecular weight is 540 g/mol. The van der Waals surface area contributed by atoms with Gasteiger partial charge in [-0.25, -0.2) is 19.3 Å². The van der Waals surface area contributed by atoms with Crippen molar-refractivity contribution in [3.05, 3.63) is 58.2 Å². The molecule has 10 nitrogen and oxygen atoms in total. The number of benzene rings is 1. The van der Waals surface area contributed by atoms with Gasteiger partial charge < -0.3 is 9.64 Å². The molecule has 6 rings (SSSR count). The molecule has 1 aliphatic heterocycles. The van der Waals surface area contributed by atoms with E-state index in [9.17, 15) is 18.0 Å². The van der Waals surface area contributed by atoms with E-state index in [0.717, 1.165) is 26.0 Å². The van der Waals surface area contributed by atoms with E-state index in [-0.39, 0.29) is 34.4 Å². The molecule has 1 aromatic carbocycles. The zero-order chi connectivity index (χ0) is 27.5. The maximum atomic E-state index is 15.0. The van der Waals surface area contributed by atoms with Gasteiger partial charge in [-0.2, -0.15) is 23.5 Å². The molecule has 4 aromatic rings. The van der Waals surface area contributed by atoms with Crippen LogP contribution in [0.2, 0.25) is 0 Å². The first-order valence-corrected chi connectivity index (χ1v) is 12.1. The fraction of sp³-hybridized carbons (Fsp3) is 0.360. The van der Waals surface area contributed by atoms with Crippen LogP contribution < -0.4 is 15.2 Å². The Morgan fingerprint density at radius 2 is 1.90 bits per heavy atom. The molecule has 0 radical (unpaired) electrons. The lowest BCUT2D eigenvalue weighted by molar-refractivity contribution is -0.147. The molecule has 4 heterocycles. The lowest BCUT2D eigenvalue weighted by atomic mass is 9.93. The highest BCUT2D eigenvalue weighted by atomic mass is 19.4. The van der Waals surface area contributed by atoms with Crippen LogP contribution >= 0.6 is 0 Å². The number of aromatic nitrogens is 6. The number of hydrogen-bond acceptors (Lipinski definition) is 8. The van der Waals surface area contributed by atoms with Crippen molar-refractivity contribution in [2.45, 2.75) is 37.6 Å². The third kappa shape index (κ3) is 4.33. The minimum Gasteiger partial charge on any atom is -0.483 e. The molecule has 0 amide bonds. The number of nitriles is 1. The van der Waals surface area contributed by atoms with E-state index in [1.807, 2.05) is 10.9 Å². The maximum Gasteiger partial charge on any atom is 0.449 e. The van der Waals surface area contributed by atoms with Gasteiger partial charge in [-0.15, -0.1) is 0 Å². The SMILES string of the molecule is Cn1c(C(F)(F)F)nc2c(-c3ccc(C#N)cc3F)nc(N3CC(Oc4cnn(C5CCC5)c4)C3)nc2c1=O. The number of ether oxygens (including phenoxy) is 1. The summed E-state index contributed by atoms with van der Waals surface area (Å²) in [4.78, 5) is 26.8. The van der Waals surface area contributed by atoms with Crippen molar-refractivity contribution in [1.82, 2.24) is 29.3 Å².